The molecular weight excluding hydrogens is 322 g/mol. The Morgan fingerprint density at radius 2 is 1.96 bits per heavy atom. The fourth-order valence-electron chi connectivity index (χ4n) is 3.01. The maximum atomic E-state index is 12.5. The highest BCUT2D eigenvalue weighted by Gasteiger charge is 2.28. The topological polar surface area (TPSA) is 90.4 Å². The van der Waals surface area contributed by atoms with E-state index in [-0.39, 0.29) is 23.6 Å². The summed E-state index contributed by atoms with van der Waals surface area (Å²) in [6, 6.07) is 5.65. The lowest BCUT2D eigenvalue weighted by Crippen LogP contribution is -2.22. The van der Waals surface area contributed by atoms with Gasteiger partial charge in [0.2, 0.25) is 11.9 Å². The maximum absolute atomic E-state index is 12.5. The summed E-state index contributed by atoms with van der Waals surface area (Å²) in [6.07, 6.45) is 2.46. The molecule has 0 bridgehead atoms. The summed E-state index contributed by atoms with van der Waals surface area (Å²) in [5, 5.41) is 2.55. The maximum Gasteiger partial charge on any atom is 0.229 e. The Bertz CT molecular complexity index is 835. The molecule has 1 aliphatic rings. The van der Waals surface area contributed by atoms with Gasteiger partial charge in [0, 0.05) is 19.5 Å². The first kappa shape index (κ1) is 16.9. The van der Waals surface area contributed by atoms with Crippen LogP contribution < -0.4 is 14.8 Å². The molecule has 1 atom stereocenters. The number of ether oxygens (including phenoxy) is 2. The zero-order chi connectivity index (χ0) is 18.0. The fourth-order valence-corrected chi connectivity index (χ4v) is 3.01. The molecule has 1 aliphatic carbocycles. The zero-order valence-corrected chi connectivity index (χ0v) is 14.3. The van der Waals surface area contributed by atoms with Crippen molar-refractivity contribution >= 4 is 17.6 Å². The van der Waals surface area contributed by atoms with Crippen molar-refractivity contribution in [3.05, 3.63) is 41.2 Å². The summed E-state index contributed by atoms with van der Waals surface area (Å²) in [4.78, 5) is 32.0. The lowest BCUT2D eigenvalue weighted by Gasteiger charge is -2.24. The average molecular weight is 341 g/mol. The van der Waals surface area contributed by atoms with Crippen molar-refractivity contribution in [2.75, 3.05) is 19.5 Å². The molecule has 25 heavy (non-hydrogen) atoms. The molecule has 0 aliphatic heterocycles. The fraction of sp³-hybridized carbons (Fsp3) is 0.333. The highest BCUT2D eigenvalue weighted by molar-refractivity contribution is 5.98. The molecule has 130 valence electrons. The van der Waals surface area contributed by atoms with Gasteiger partial charge in [-0.3, -0.25) is 14.9 Å². The summed E-state index contributed by atoms with van der Waals surface area (Å²) < 4.78 is 10.6. The van der Waals surface area contributed by atoms with E-state index in [0.717, 1.165) is 5.56 Å². The van der Waals surface area contributed by atoms with Crippen molar-refractivity contribution in [2.45, 2.75) is 25.7 Å². The number of carbonyl (C=O) groups excluding carboxylic acids is 2. The third-order valence-corrected chi connectivity index (χ3v) is 4.21. The van der Waals surface area contributed by atoms with E-state index in [1.54, 1.807) is 14.2 Å². The first-order chi connectivity index (χ1) is 12.0. The van der Waals surface area contributed by atoms with Crippen LogP contribution in [0.4, 0.5) is 5.95 Å². The van der Waals surface area contributed by atoms with E-state index < -0.39 is 0 Å². The number of amides is 1. The van der Waals surface area contributed by atoms with E-state index >= 15 is 0 Å². The van der Waals surface area contributed by atoms with E-state index in [4.69, 9.17) is 9.47 Å². The number of methoxy groups -OCH3 is 2. The number of aromatic nitrogens is 2. The Kier molecular flexibility index (Phi) is 4.65. The Hall–Kier alpha value is -2.96. The molecule has 0 fully saturated rings. The van der Waals surface area contributed by atoms with E-state index in [9.17, 15) is 9.59 Å². The summed E-state index contributed by atoms with van der Waals surface area (Å²) in [6.45, 7) is 1.39. The molecular formula is C18H19N3O4. The number of Topliss-reactive ketones (excluding diaryl/α,β-unsaturated/α-hetero) is 1. The van der Waals surface area contributed by atoms with Gasteiger partial charge in [-0.1, -0.05) is 6.07 Å². The minimum Gasteiger partial charge on any atom is -0.493 e. The number of anilines is 1. The van der Waals surface area contributed by atoms with Crippen molar-refractivity contribution in [2.24, 2.45) is 0 Å². The molecule has 2 aromatic rings. The number of fused-ring (bicyclic) bond motifs is 1. The number of rotatable bonds is 4. The van der Waals surface area contributed by atoms with Crippen molar-refractivity contribution in [3.63, 3.8) is 0 Å². The van der Waals surface area contributed by atoms with Crippen molar-refractivity contribution in [3.8, 4) is 11.5 Å². The second-order valence-corrected chi connectivity index (χ2v) is 5.88. The van der Waals surface area contributed by atoms with Gasteiger partial charge in [-0.05, 0) is 30.0 Å². The minimum atomic E-state index is -0.251. The quantitative estimate of drug-likeness (QED) is 0.918. The molecule has 7 nitrogen and oxygen atoms in total. The van der Waals surface area contributed by atoms with Gasteiger partial charge in [0.1, 0.15) is 0 Å². The van der Waals surface area contributed by atoms with Gasteiger partial charge in [-0.15, -0.1) is 0 Å². The van der Waals surface area contributed by atoms with Crippen LogP contribution in [-0.2, 0) is 11.2 Å². The summed E-state index contributed by atoms with van der Waals surface area (Å²) >= 11 is 0. The van der Waals surface area contributed by atoms with Crippen molar-refractivity contribution in [1.29, 1.82) is 0 Å². The van der Waals surface area contributed by atoms with E-state index in [1.165, 1.54) is 13.1 Å². The van der Waals surface area contributed by atoms with E-state index in [1.807, 2.05) is 18.2 Å². The first-order valence-electron chi connectivity index (χ1n) is 7.90. The SMILES string of the molecule is COc1ccc(C2CC(=O)c3cnc(NC(C)=O)nc3C2)cc1OC. The van der Waals surface area contributed by atoms with Crippen LogP contribution in [0, 0.1) is 0 Å². The standard InChI is InChI=1S/C18H19N3O4/c1-10(22)20-18-19-9-13-14(21-18)6-12(7-15(13)23)11-4-5-16(24-2)17(8-11)25-3/h4-5,8-9,12H,6-7H2,1-3H3,(H,19,20,21,22). The molecule has 1 unspecified atom stereocenters. The third kappa shape index (κ3) is 3.45. The van der Waals surface area contributed by atoms with Crippen molar-refractivity contribution < 1.29 is 19.1 Å². The highest BCUT2D eigenvalue weighted by atomic mass is 16.5. The summed E-state index contributed by atoms with van der Waals surface area (Å²) in [5.74, 6) is 1.21. The van der Waals surface area contributed by atoms with Gasteiger partial charge in [-0.25, -0.2) is 9.97 Å². The Morgan fingerprint density at radius 3 is 2.64 bits per heavy atom. The first-order valence-corrected chi connectivity index (χ1v) is 7.90. The average Bonchev–Trinajstić information content (AvgIpc) is 2.60. The lowest BCUT2D eigenvalue weighted by atomic mass is 9.82. The highest BCUT2D eigenvalue weighted by Crippen LogP contribution is 2.36. The molecule has 7 heteroatoms. The van der Waals surface area contributed by atoms with Gasteiger partial charge >= 0.3 is 0 Å². The number of hydrogen-bond acceptors (Lipinski definition) is 6. The van der Waals surface area contributed by atoms with Crippen LogP contribution in [0.5, 0.6) is 11.5 Å². The van der Waals surface area contributed by atoms with Crippen LogP contribution in [-0.4, -0.2) is 35.9 Å². The Morgan fingerprint density at radius 1 is 1.20 bits per heavy atom. The summed E-state index contributed by atoms with van der Waals surface area (Å²) in [5.41, 5.74) is 2.15. The van der Waals surface area contributed by atoms with Crippen LogP contribution in [0.3, 0.4) is 0 Å². The van der Waals surface area contributed by atoms with Crippen LogP contribution in [0.1, 0.15) is 40.9 Å². The molecule has 0 radical (unpaired) electrons. The number of benzene rings is 1. The molecule has 1 amide bonds. The van der Waals surface area contributed by atoms with E-state index in [0.29, 0.717) is 35.6 Å². The predicted molar refractivity (Wildman–Crippen MR) is 91.3 cm³/mol. The van der Waals surface area contributed by atoms with Gasteiger partial charge in [0.15, 0.2) is 17.3 Å². The van der Waals surface area contributed by atoms with Crippen LogP contribution in [0.25, 0.3) is 0 Å². The number of hydrogen-bond donors (Lipinski definition) is 1. The smallest absolute Gasteiger partial charge is 0.229 e. The Labute approximate surface area is 145 Å². The third-order valence-electron chi connectivity index (χ3n) is 4.21. The van der Waals surface area contributed by atoms with Crippen molar-refractivity contribution in [1.82, 2.24) is 9.97 Å². The Balaban J connectivity index is 1.92. The van der Waals surface area contributed by atoms with Gasteiger partial charge in [0.05, 0.1) is 25.5 Å². The van der Waals surface area contributed by atoms with Gasteiger partial charge in [-0.2, -0.15) is 0 Å². The van der Waals surface area contributed by atoms with Crippen LogP contribution >= 0.6 is 0 Å². The van der Waals surface area contributed by atoms with Gasteiger partial charge in [0.25, 0.3) is 0 Å². The number of nitrogens with one attached hydrogen (secondary N) is 1. The minimum absolute atomic E-state index is 0.00425. The molecule has 1 aromatic heterocycles. The molecule has 1 N–H and O–H groups in total. The zero-order valence-electron chi connectivity index (χ0n) is 14.3. The second kappa shape index (κ2) is 6.88. The molecule has 0 saturated heterocycles. The number of carbonyl (C=O) groups is 2. The normalized spacial score (nSPS) is 16.1. The lowest BCUT2D eigenvalue weighted by molar-refractivity contribution is -0.114. The largest absolute Gasteiger partial charge is 0.493 e. The van der Waals surface area contributed by atoms with Gasteiger partial charge < -0.3 is 9.47 Å². The number of nitrogens with zero attached hydrogens (tertiary/aromatic N) is 2. The number of ketones is 1. The van der Waals surface area contributed by atoms with Crippen LogP contribution in [0.15, 0.2) is 24.4 Å². The second-order valence-electron chi connectivity index (χ2n) is 5.88. The molecule has 1 aromatic carbocycles. The molecule has 3 rings (SSSR count). The van der Waals surface area contributed by atoms with E-state index in [2.05, 4.69) is 15.3 Å². The molecule has 1 heterocycles. The monoisotopic (exact) mass is 341 g/mol. The van der Waals surface area contributed by atoms with Crippen LogP contribution in [0.2, 0.25) is 0 Å². The molecule has 0 spiro atoms. The predicted octanol–water partition coefficient (Wildman–Crippen LogP) is 2.36. The molecule has 0 saturated carbocycles. The summed E-state index contributed by atoms with van der Waals surface area (Å²) in [7, 11) is 3.16.